The van der Waals surface area contributed by atoms with Crippen LogP contribution in [-0.2, 0) is 9.59 Å². The first-order valence-corrected chi connectivity index (χ1v) is 6.01. The van der Waals surface area contributed by atoms with Crippen LogP contribution >= 0.6 is 0 Å². The second kappa shape index (κ2) is 13.4. The molecule has 0 unspecified atom stereocenters. The van der Waals surface area contributed by atoms with E-state index in [9.17, 15) is 14.4 Å². The number of rotatable bonds is 4. The Morgan fingerprint density at radius 3 is 1.75 bits per heavy atom. The molecule has 0 amide bonds. The van der Waals surface area contributed by atoms with Crippen molar-refractivity contribution in [1.29, 1.82) is 0 Å². The number of carbonyl (C=O) groups is 3. The highest BCUT2D eigenvalue weighted by Crippen LogP contribution is 2.11. The monoisotopic (exact) mass is 282 g/mol. The Bertz CT molecular complexity index is 405. The summed E-state index contributed by atoms with van der Waals surface area (Å²) in [5.41, 5.74) is 10.1. The third-order valence-electron chi connectivity index (χ3n) is 1.73. The largest absolute Gasteiger partial charge is 0.507 e. The van der Waals surface area contributed by atoms with Gasteiger partial charge in [0.2, 0.25) is 0 Å². The van der Waals surface area contributed by atoms with Crippen molar-refractivity contribution in [1.82, 2.24) is 0 Å². The number of aromatic hydroxyl groups is 1. The van der Waals surface area contributed by atoms with Crippen molar-refractivity contribution >= 4 is 17.9 Å². The number of nitrogens with two attached hydrogens (primary N) is 2. The van der Waals surface area contributed by atoms with Crippen LogP contribution in [0.4, 0.5) is 0 Å². The van der Waals surface area contributed by atoms with Crippen molar-refractivity contribution in [3.8, 4) is 5.75 Å². The van der Waals surface area contributed by atoms with Crippen molar-refractivity contribution in [2.24, 2.45) is 11.5 Å². The number of phenolic OH excluding ortho intramolecular Hbond substituents is 1. The van der Waals surface area contributed by atoms with Gasteiger partial charge in [0.1, 0.15) is 17.3 Å². The lowest BCUT2D eigenvalue weighted by Crippen LogP contribution is -2.11. The molecule has 5 N–H and O–H groups in total. The first-order chi connectivity index (χ1) is 9.38. The number of benzene rings is 1. The van der Waals surface area contributed by atoms with Gasteiger partial charge in [-0.25, -0.2) is 0 Å². The number of aldehydes is 1. The molecule has 0 radical (unpaired) electrons. The maximum atomic E-state index is 10.1. The molecule has 1 aromatic carbocycles. The summed E-state index contributed by atoms with van der Waals surface area (Å²) in [4.78, 5) is 30.1. The maximum Gasteiger partial charge on any atom is 0.153 e. The fourth-order valence-corrected chi connectivity index (χ4v) is 0.938. The van der Waals surface area contributed by atoms with E-state index in [2.05, 4.69) is 0 Å². The van der Waals surface area contributed by atoms with E-state index in [1.54, 1.807) is 18.2 Å². The van der Waals surface area contributed by atoms with Crippen LogP contribution < -0.4 is 11.5 Å². The third-order valence-corrected chi connectivity index (χ3v) is 1.73. The normalized spacial score (nSPS) is 8.40. The highest BCUT2D eigenvalue weighted by atomic mass is 16.3. The van der Waals surface area contributed by atoms with Crippen molar-refractivity contribution in [3.05, 3.63) is 29.8 Å². The highest BCUT2D eigenvalue weighted by Gasteiger charge is 1.95. The standard InChI is InChI=1S/C7H6O2.C5H8O2.C2H8N2/c8-5-6-3-1-2-4-7(6)9;1-4(6)3-5(2)7;3-1-2-4/h1-5,9H;3H2,1-2H3;1-4H2. The smallest absolute Gasteiger partial charge is 0.153 e. The second-order valence-corrected chi connectivity index (χ2v) is 3.83. The van der Waals surface area contributed by atoms with Gasteiger partial charge in [0.25, 0.3) is 0 Å². The number of carbonyl (C=O) groups excluding carboxylic acids is 3. The topological polar surface area (TPSA) is 123 Å². The molecule has 0 aliphatic heterocycles. The predicted octanol–water partition coefficient (Wildman–Crippen LogP) is 0.663. The Hall–Kier alpha value is -2.05. The number of ketones is 2. The van der Waals surface area contributed by atoms with E-state index in [0.717, 1.165) is 0 Å². The fourth-order valence-electron chi connectivity index (χ4n) is 0.938. The third kappa shape index (κ3) is 14.0. The van der Waals surface area contributed by atoms with E-state index in [1.165, 1.54) is 19.9 Å². The zero-order valence-electron chi connectivity index (χ0n) is 11.8. The van der Waals surface area contributed by atoms with Crippen molar-refractivity contribution in [2.45, 2.75) is 20.3 Å². The van der Waals surface area contributed by atoms with Crippen molar-refractivity contribution < 1.29 is 19.5 Å². The fraction of sp³-hybridized carbons (Fsp3) is 0.357. The van der Waals surface area contributed by atoms with Crippen LogP contribution in [0.2, 0.25) is 0 Å². The van der Waals surface area contributed by atoms with Gasteiger partial charge in [-0.05, 0) is 26.0 Å². The molecule has 0 aromatic heterocycles. The Morgan fingerprint density at radius 2 is 1.55 bits per heavy atom. The molecule has 0 bridgehead atoms. The Kier molecular flexibility index (Phi) is 13.6. The molecule has 6 heteroatoms. The molecule has 20 heavy (non-hydrogen) atoms. The molecule has 0 saturated heterocycles. The lowest BCUT2D eigenvalue weighted by atomic mass is 10.2. The lowest BCUT2D eigenvalue weighted by molar-refractivity contribution is -0.124. The van der Waals surface area contributed by atoms with Gasteiger partial charge in [-0.1, -0.05) is 12.1 Å². The van der Waals surface area contributed by atoms with Gasteiger partial charge in [-0.2, -0.15) is 0 Å². The second-order valence-electron chi connectivity index (χ2n) is 3.83. The molecule has 0 fully saturated rings. The number of hydrogen-bond donors (Lipinski definition) is 3. The van der Waals surface area contributed by atoms with Crippen LogP contribution in [0.15, 0.2) is 24.3 Å². The SMILES string of the molecule is CC(=O)CC(C)=O.NCCN.O=Cc1ccccc1O. The molecule has 0 aliphatic carbocycles. The summed E-state index contributed by atoms with van der Waals surface area (Å²) in [7, 11) is 0. The van der Waals surface area contributed by atoms with Crippen LogP contribution in [0.1, 0.15) is 30.6 Å². The quantitative estimate of drug-likeness (QED) is 0.550. The van der Waals surface area contributed by atoms with Gasteiger partial charge in [-0.15, -0.1) is 0 Å². The van der Waals surface area contributed by atoms with E-state index in [1.807, 2.05) is 0 Å². The summed E-state index contributed by atoms with van der Waals surface area (Å²) in [6, 6.07) is 6.40. The average molecular weight is 282 g/mol. The van der Waals surface area contributed by atoms with Crippen molar-refractivity contribution in [2.75, 3.05) is 13.1 Å². The van der Waals surface area contributed by atoms with Crippen LogP contribution in [-0.4, -0.2) is 36.0 Å². The maximum absolute atomic E-state index is 10.1. The summed E-state index contributed by atoms with van der Waals surface area (Å²) < 4.78 is 0. The minimum Gasteiger partial charge on any atom is -0.507 e. The summed E-state index contributed by atoms with van der Waals surface area (Å²) in [5.74, 6) is -0.0903. The summed E-state index contributed by atoms with van der Waals surface area (Å²) in [6.45, 7) is 4.00. The molecule has 1 rings (SSSR count). The Morgan fingerprint density at radius 1 is 1.10 bits per heavy atom. The number of phenols is 1. The molecule has 0 atom stereocenters. The van der Waals surface area contributed by atoms with E-state index in [-0.39, 0.29) is 23.7 Å². The molecule has 0 saturated carbocycles. The number of para-hydroxylation sites is 1. The molecule has 0 spiro atoms. The zero-order chi connectivity index (χ0) is 16.0. The highest BCUT2D eigenvalue weighted by molar-refractivity contribution is 5.96. The van der Waals surface area contributed by atoms with Crippen LogP contribution in [0.5, 0.6) is 5.75 Å². The van der Waals surface area contributed by atoms with Gasteiger partial charge in [0.05, 0.1) is 12.0 Å². The molecule has 6 nitrogen and oxygen atoms in total. The molecular weight excluding hydrogens is 260 g/mol. The van der Waals surface area contributed by atoms with E-state index < -0.39 is 0 Å². The predicted molar refractivity (Wildman–Crippen MR) is 77.6 cm³/mol. The molecular formula is C14H22N2O4. The van der Waals surface area contributed by atoms with Gasteiger partial charge in [0, 0.05) is 13.1 Å². The Labute approximate surface area is 118 Å². The van der Waals surface area contributed by atoms with Crippen LogP contribution in [0, 0.1) is 0 Å². The average Bonchev–Trinajstić information content (AvgIpc) is 2.39. The van der Waals surface area contributed by atoms with E-state index >= 15 is 0 Å². The first kappa shape index (κ1) is 20.3. The minimum atomic E-state index is -0.0625. The van der Waals surface area contributed by atoms with Gasteiger partial charge >= 0.3 is 0 Å². The molecule has 112 valence electrons. The minimum absolute atomic E-state index is 0.0347. The summed E-state index contributed by atoms with van der Waals surface area (Å²) in [5, 5.41) is 8.88. The van der Waals surface area contributed by atoms with E-state index in [0.29, 0.717) is 24.9 Å². The van der Waals surface area contributed by atoms with Gasteiger partial charge < -0.3 is 16.6 Å². The van der Waals surface area contributed by atoms with Crippen molar-refractivity contribution in [3.63, 3.8) is 0 Å². The molecule has 1 aromatic rings. The summed E-state index contributed by atoms with van der Waals surface area (Å²) >= 11 is 0. The van der Waals surface area contributed by atoms with E-state index in [4.69, 9.17) is 16.6 Å². The van der Waals surface area contributed by atoms with Crippen LogP contribution in [0.3, 0.4) is 0 Å². The first-order valence-electron chi connectivity index (χ1n) is 6.01. The Balaban J connectivity index is 0. The molecule has 0 heterocycles. The van der Waals surface area contributed by atoms with Gasteiger partial charge in [-0.3, -0.25) is 14.4 Å². The van der Waals surface area contributed by atoms with Gasteiger partial charge in [0.15, 0.2) is 6.29 Å². The zero-order valence-corrected chi connectivity index (χ0v) is 11.8. The van der Waals surface area contributed by atoms with Crippen LogP contribution in [0.25, 0.3) is 0 Å². The number of Topliss-reactive ketones (excluding diaryl/α,β-unsaturated/α-hetero) is 2. The molecule has 0 aliphatic rings. The lowest BCUT2D eigenvalue weighted by Gasteiger charge is -1.91. The number of hydrogen-bond acceptors (Lipinski definition) is 6. The summed E-state index contributed by atoms with van der Waals surface area (Å²) in [6.07, 6.45) is 0.704.